The normalized spacial score (nSPS) is 21.9. The third-order valence-corrected chi connectivity index (χ3v) is 4.60. The van der Waals surface area contributed by atoms with Crippen molar-refractivity contribution < 1.29 is 23.4 Å². The molecule has 0 radical (unpaired) electrons. The molecule has 1 aliphatic rings. The van der Waals surface area contributed by atoms with Gasteiger partial charge in [0.2, 0.25) is 5.28 Å². The lowest BCUT2D eigenvalue weighted by atomic mass is 10.2. The lowest BCUT2D eigenvalue weighted by Gasteiger charge is -2.16. The number of alkyl halides is 1. The fourth-order valence-electron chi connectivity index (χ4n) is 3.04. The predicted molar refractivity (Wildman–Crippen MR) is 99.6 cm³/mol. The van der Waals surface area contributed by atoms with Crippen LogP contribution in [0.15, 0.2) is 6.33 Å². The van der Waals surface area contributed by atoms with Gasteiger partial charge in [-0.05, 0) is 18.0 Å². The summed E-state index contributed by atoms with van der Waals surface area (Å²) in [5.41, 5.74) is 6.35. The van der Waals surface area contributed by atoms with E-state index in [4.69, 9.17) is 31.5 Å². The molecule has 0 saturated carbocycles. The fraction of sp³-hybridized carbons (Fsp3) is 0.647. The Morgan fingerprint density at radius 1 is 1.39 bits per heavy atom. The maximum Gasteiger partial charge on any atom is 0.508 e. The first kappa shape index (κ1) is 20.5. The molecule has 0 amide bonds. The Morgan fingerprint density at radius 3 is 3.00 bits per heavy atom. The van der Waals surface area contributed by atoms with Crippen LogP contribution in [0.5, 0.6) is 0 Å². The molecule has 3 atom stereocenters. The topological polar surface area (TPSA) is 114 Å². The number of carbonyl (C=O) groups is 1. The average molecular weight is 416 g/mol. The van der Waals surface area contributed by atoms with E-state index in [2.05, 4.69) is 21.9 Å². The second-order valence-electron chi connectivity index (χ2n) is 6.57. The summed E-state index contributed by atoms with van der Waals surface area (Å²) in [6.45, 7) is 2.31. The van der Waals surface area contributed by atoms with Crippen molar-refractivity contribution >= 4 is 34.7 Å². The lowest BCUT2D eigenvalue weighted by Crippen LogP contribution is -2.20. The zero-order chi connectivity index (χ0) is 20.1. The quantitative estimate of drug-likeness (QED) is 0.396. The second kappa shape index (κ2) is 9.33. The number of hydrogen-bond acceptors (Lipinski definition) is 8. The van der Waals surface area contributed by atoms with E-state index in [1.165, 1.54) is 10.9 Å². The minimum Gasteiger partial charge on any atom is -0.434 e. The summed E-state index contributed by atoms with van der Waals surface area (Å²) in [5, 5.41) is -0.0679. The lowest BCUT2D eigenvalue weighted by molar-refractivity contribution is -0.0470. The maximum absolute atomic E-state index is 14.5. The Kier molecular flexibility index (Phi) is 6.84. The van der Waals surface area contributed by atoms with Crippen molar-refractivity contribution in [3.05, 3.63) is 11.6 Å². The van der Waals surface area contributed by atoms with Crippen molar-refractivity contribution in [3.8, 4) is 0 Å². The first-order chi connectivity index (χ1) is 13.5. The number of nitrogens with two attached hydrogens (primary N) is 1. The molecule has 154 valence electrons. The molecule has 9 nitrogen and oxygen atoms in total. The number of halogens is 2. The van der Waals surface area contributed by atoms with Crippen molar-refractivity contribution in [2.75, 3.05) is 18.9 Å². The van der Waals surface area contributed by atoms with Crippen LogP contribution in [0.2, 0.25) is 5.28 Å². The molecule has 2 N–H and O–H groups in total. The van der Waals surface area contributed by atoms with Crippen molar-refractivity contribution in [3.63, 3.8) is 0 Å². The van der Waals surface area contributed by atoms with Gasteiger partial charge in [0.25, 0.3) is 0 Å². The zero-order valence-corrected chi connectivity index (χ0v) is 16.3. The average Bonchev–Trinajstić information content (AvgIpc) is 3.23. The first-order valence-electron chi connectivity index (χ1n) is 9.24. The number of ether oxygens (including phenoxy) is 3. The number of unbranched alkanes of at least 4 members (excludes halogenated alkanes) is 3. The van der Waals surface area contributed by atoms with E-state index in [0.717, 1.165) is 25.7 Å². The number of rotatable bonds is 8. The van der Waals surface area contributed by atoms with Crippen LogP contribution >= 0.6 is 11.6 Å². The summed E-state index contributed by atoms with van der Waals surface area (Å²) in [5.74, 6) is 0.101. The van der Waals surface area contributed by atoms with E-state index in [9.17, 15) is 9.18 Å². The number of hydrogen-bond donors (Lipinski definition) is 1. The number of anilines is 1. The van der Waals surface area contributed by atoms with Crippen molar-refractivity contribution in [2.45, 2.75) is 57.5 Å². The molecule has 3 rings (SSSR count). The highest BCUT2D eigenvalue weighted by molar-refractivity contribution is 6.28. The van der Waals surface area contributed by atoms with Crippen LogP contribution in [0.25, 0.3) is 11.2 Å². The summed E-state index contributed by atoms with van der Waals surface area (Å²) in [6.07, 6.45) is 1.71. The summed E-state index contributed by atoms with van der Waals surface area (Å²) >= 11 is 5.83. The summed E-state index contributed by atoms with van der Waals surface area (Å²) in [6, 6.07) is 0. The molecule has 0 bridgehead atoms. The SMILES string of the molecule is CCCCCCOC(=O)OCC1CC(F)C(n2cnc3c(N)nc(Cl)nc32)O1. The number of carbonyl (C=O) groups excluding carboxylic acids is 1. The van der Waals surface area contributed by atoms with E-state index in [0.29, 0.717) is 12.1 Å². The molecule has 1 aliphatic heterocycles. The summed E-state index contributed by atoms with van der Waals surface area (Å²) in [7, 11) is 0. The van der Waals surface area contributed by atoms with Crippen LogP contribution in [0.1, 0.15) is 45.3 Å². The van der Waals surface area contributed by atoms with Gasteiger partial charge < -0.3 is 19.9 Å². The van der Waals surface area contributed by atoms with Gasteiger partial charge in [-0.1, -0.05) is 26.2 Å². The van der Waals surface area contributed by atoms with Crippen molar-refractivity contribution in [1.29, 1.82) is 0 Å². The van der Waals surface area contributed by atoms with E-state index in [-0.39, 0.29) is 29.8 Å². The molecular formula is C17H23ClFN5O4. The van der Waals surface area contributed by atoms with Gasteiger partial charge in [0.15, 0.2) is 17.7 Å². The zero-order valence-electron chi connectivity index (χ0n) is 15.5. The van der Waals surface area contributed by atoms with E-state index >= 15 is 0 Å². The van der Waals surface area contributed by atoms with Crippen LogP contribution in [-0.4, -0.2) is 51.2 Å². The molecule has 1 fully saturated rings. The van der Waals surface area contributed by atoms with E-state index < -0.39 is 24.7 Å². The standard InChI is InChI=1S/C17H23ClFN5O4/c1-2-3-4-5-6-26-17(25)27-8-10-7-11(19)15(28-10)24-9-21-12-13(20)22-16(18)23-14(12)24/h9-11,15H,2-8H2,1H3,(H2,20,22,23). The molecule has 2 aromatic heterocycles. The first-order valence-corrected chi connectivity index (χ1v) is 9.62. The van der Waals surface area contributed by atoms with Gasteiger partial charge >= 0.3 is 6.16 Å². The fourth-order valence-corrected chi connectivity index (χ4v) is 3.21. The molecule has 2 aromatic rings. The minimum absolute atomic E-state index is 0.0580. The Hall–Kier alpha value is -2.20. The predicted octanol–water partition coefficient (Wildman–Crippen LogP) is 3.42. The molecule has 28 heavy (non-hydrogen) atoms. The highest BCUT2D eigenvalue weighted by atomic mass is 35.5. The van der Waals surface area contributed by atoms with Crippen LogP contribution in [-0.2, 0) is 14.2 Å². The molecule has 0 spiro atoms. The molecule has 11 heteroatoms. The van der Waals surface area contributed by atoms with Crippen LogP contribution in [0, 0.1) is 0 Å². The van der Waals surface area contributed by atoms with Gasteiger partial charge in [-0.25, -0.2) is 14.2 Å². The Labute approximate surface area is 166 Å². The van der Waals surface area contributed by atoms with Gasteiger partial charge in [-0.15, -0.1) is 0 Å². The largest absolute Gasteiger partial charge is 0.508 e. The van der Waals surface area contributed by atoms with Gasteiger partial charge in [-0.3, -0.25) is 4.57 Å². The van der Waals surface area contributed by atoms with Crippen LogP contribution < -0.4 is 5.73 Å². The molecule has 3 unspecified atom stereocenters. The number of fused-ring (bicyclic) bond motifs is 1. The second-order valence-corrected chi connectivity index (χ2v) is 6.91. The van der Waals surface area contributed by atoms with Crippen molar-refractivity contribution in [1.82, 2.24) is 19.5 Å². The van der Waals surface area contributed by atoms with Gasteiger partial charge in [-0.2, -0.15) is 9.97 Å². The smallest absolute Gasteiger partial charge is 0.434 e. The number of nitrogen functional groups attached to an aromatic ring is 1. The minimum atomic E-state index is -1.34. The number of imidazole rings is 1. The van der Waals surface area contributed by atoms with Crippen molar-refractivity contribution in [2.24, 2.45) is 0 Å². The summed E-state index contributed by atoms with van der Waals surface area (Å²) < 4.78 is 31.6. The third-order valence-electron chi connectivity index (χ3n) is 4.43. The molecule has 3 heterocycles. The highest BCUT2D eigenvalue weighted by Crippen LogP contribution is 2.34. The Balaban J connectivity index is 1.53. The molecular weight excluding hydrogens is 393 g/mol. The Bertz CT molecular complexity index is 820. The van der Waals surface area contributed by atoms with Gasteiger partial charge in [0, 0.05) is 6.42 Å². The maximum atomic E-state index is 14.5. The van der Waals surface area contributed by atoms with Gasteiger partial charge in [0.05, 0.1) is 19.0 Å². The highest BCUT2D eigenvalue weighted by Gasteiger charge is 2.38. The molecule has 0 aliphatic carbocycles. The van der Waals surface area contributed by atoms with E-state index in [1.807, 2.05) is 0 Å². The monoisotopic (exact) mass is 415 g/mol. The van der Waals surface area contributed by atoms with E-state index in [1.54, 1.807) is 0 Å². The van der Waals surface area contributed by atoms with Gasteiger partial charge in [0.1, 0.15) is 18.3 Å². The molecule has 1 saturated heterocycles. The molecule has 0 aromatic carbocycles. The Morgan fingerprint density at radius 2 is 2.21 bits per heavy atom. The third kappa shape index (κ3) is 4.79. The number of aromatic nitrogens is 4. The van der Waals surface area contributed by atoms with Crippen LogP contribution in [0.3, 0.4) is 0 Å². The van der Waals surface area contributed by atoms with Crippen LogP contribution in [0.4, 0.5) is 15.0 Å². The summed E-state index contributed by atoms with van der Waals surface area (Å²) in [4.78, 5) is 23.6. The number of nitrogens with zero attached hydrogens (tertiary/aromatic N) is 4.